The molecule has 1 aromatic carbocycles. The van der Waals surface area contributed by atoms with Crippen molar-refractivity contribution in [2.24, 2.45) is 23.2 Å². The molecular formula is C28H39NO5. The Kier molecular flexibility index (Phi) is 6.40. The number of ether oxygens (including phenoxy) is 3. The molecule has 1 saturated heterocycles. The molecule has 2 aliphatic carbocycles. The Morgan fingerprint density at radius 2 is 2.00 bits per heavy atom. The van der Waals surface area contributed by atoms with Crippen LogP contribution in [0, 0.1) is 23.2 Å². The minimum atomic E-state index is -0.118. The normalized spacial score (nSPS) is 35.2. The maximum atomic E-state index is 13.1. The fourth-order valence-electron chi connectivity index (χ4n) is 7.48. The topological polar surface area (TPSA) is 68.2 Å². The van der Waals surface area contributed by atoms with Gasteiger partial charge in [0.25, 0.3) is 0 Å². The van der Waals surface area contributed by atoms with E-state index in [0.717, 1.165) is 43.5 Å². The van der Waals surface area contributed by atoms with Gasteiger partial charge in [-0.3, -0.25) is 9.69 Å². The number of esters is 1. The minimum absolute atomic E-state index is 0.0300. The number of fused-ring (bicyclic) bond motifs is 3. The lowest BCUT2D eigenvalue weighted by atomic mass is 9.55. The molecule has 186 valence electrons. The quantitative estimate of drug-likeness (QED) is 0.495. The number of carbonyl (C=O) groups excluding carboxylic acids is 1. The smallest absolute Gasteiger partial charge is 0.310 e. The van der Waals surface area contributed by atoms with Crippen molar-refractivity contribution < 1.29 is 24.1 Å². The summed E-state index contributed by atoms with van der Waals surface area (Å²) in [6.07, 6.45) is 7.02. The summed E-state index contributed by atoms with van der Waals surface area (Å²) in [6, 6.07) is 4.15. The van der Waals surface area contributed by atoms with E-state index in [1.54, 1.807) is 14.2 Å². The number of allylic oxidation sites excluding steroid dienone is 1. The number of rotatable bonds is 6. The lowest BCUT2D eigenvalue weighted by molar-refractivity contribution is -0.146. The molecule has 6 atom stereocenters. The van der Waals surface area contributed by atoms with E-state index < -0.39 is 0 Å². The zero-order valence-electron chi connectivity index (χ0n) is 20.8. The molecule has 6 heteroatoms. The number of benzene rings is 1. The van der Waals surface area contributed by atoms with Crippen molar-refractivity contribution >= 4 is 5.97 Å². The first-order chi connectivity index (χ1) is 16.4. The van der Waals surface area contributed by atoms with Crippen molar-refractivity contribution in [2.45, 2.75) is 64.0 Å². The van der Waals surface area contributed by atoms with E-state index in [4.69, 9.17) is 14.2 Å². The van der Waals surface area contributed by atoms with E-state index in [1.807, 2.05) is 0 Å². The Balaban J connectivity index is 1.39. The average molecular weight is 470 g/mol. The lowest BCUT2D eigenvalue weighted by Crippen LogP contribution is -2.46. The predicted octanol–water partition coefficient (Wildman–Crippen LogP) is 4.30. The highest BCUT2D eigenvalue weighted by Gasteiger charge is 2.55. The molecule has 0 aromatic heterocycles. The van der Waals surface area contributed by atoms with E-state index in [-0.39, 0.29) is 42.0 Å². The number of carbonyl (C=O) groups is 1. The molecule has 6 nitrogen and oxygen atoms in total. The highest BCUT2D eigenvalue weighted by Crippen LogP contribution is 2.57. The highest BCUT2D eigenvalue weighted by molar-refractivity contribution is 5.75. The van der Waals surface area contributed by atoms with Crippen LogP contribution in [0.3, 0.4) is 0 Å². The molecule has 3 fully saturated rings. The zero-order valence-corrected chi connectivity index (χ0v) is 20.8. The summed E-state index contributed by atoms with van der Waals surface area (Å²) in [5.74, 6) is 2.02. The zero-order chi connectivity index (χ0) is 24.0. The van der Waals surface area contributed by atoms with Gasteiger partial charge in [-0.15, -0.1) is 0 Å². The first kappa shape index (κ1) is 23.7. The first-order valence-electron chi connectivity index (χ1n) is 12.9. The van der Waals surface area contributed by atoms with E-state index in [2.05, 4.69) is 30.5 Å². The Hall–Kier alpha value is -2.05. The SMILES string of the molecule is C=C1CCC[C@]2(C)C[C@H]3OC(=O)[C@H](CN4CCc5cc(OC)c(OC)cc5[C@H]4CCO)[C@H]3C[C@@H]12. The molecule has 0 spiro atoms. The second kappa shape index (κ2) is 9.19. The van der Waals surface area contributed by atoms with Gasteiger partial charge in [0.1, 0.15) is 6.10 Å². The van der Waals surface area contributed by atoms with Crippen LogP contribution >= 0.6 is 0 Å². The highest BCUT2D eigenvalue weighted by atomic mass is 16.6. The van der Waals surface area contributed by atoms with E-state index >= 15 is 0 Å². The van der Waals surface area contributed by atoms with Crippen LogP contribution in [0.25, 0.3) is 0 Å². The van der Waals surface area contributed by atoms with Crippen LogP contribution in [0.15, 0.2) is 24.3 Å². The van der Waals surface area contributed by atoms with Crippen LogP contribution in [-0.4, -0.2) is 56.0 Å². The lowest BCUT2D eigenvalue weighted by Gasteiger charge is -2.50. The third-order valence-corrected chi connectivity index (χ3v) is 9.27. The van der Waals surface area contributed by atoms with Crippen LogP contribution in [0.5, 0.6) is 11.5 Å². The van der Waals surface area contributed by atoms with Crippen molar-refractivity contribution in [3.63, 3.8) is 0 Å². The summed E-state index contributed by atoms with van der Waals surface area (Å²) in [5, 5.41) is 9.89. The van der Waals surface area contributed by atoms with E-state index in [0.29, 0.717) is 24.6 Å². The second-order valence-corrected chi connectivity index (χ2v) is 11.1. The summed E-state index contributed by atoms with van der Waals surface area (Å²) in [4.78, 5) is 15.5. The maximum absolute atomic E-state index is 13.1. The van der Waals surface area contributed by atoms with Gasteiger partial charge in [-0.05, 0) is 79.5 Å². The van der Waals surface area contributed by atoms with Crippen LogP contribution in [0.4, 0.5) is 0 Å². The molecule has 0 unspecified atom stereocenters. The third-order valence-electron chi connectivity index (χ3n) is 9.27. The Labute approximate surface area is 203 Å². The molecule has 0 radical (unpaired) electrons. The van der Waals surface area contributed by atoms with E-state index in [9.17, 15) is 9.90 Å². The molecule has 2 aliphatic heterocycles. The Morgan fingerprint density at radius 1 is 1.24 bits per heavy atom. The van der Waals surface area contributed by atoms with Crippen LogP contribution in [0.2, 0.25) is 0 Å². The number of methoxy groups -OCH3 is 2. The second-order valence-electron chi connectivity index (χ2n) is 11.1. The van der Waals surface area contributed by atoms with Crippen molar-refractivity contribution in [3.8, 4) is 11.5 Å². The van der Waals surface area contributed by atoms with Gasteiger partial charge in [0, 0.05) is 31.7 Å². The summed E-state index contributed by atoms with van der Waals surface area (Å²) in [6.45, 7) is 8.42. The van der Waals surface area contributed by atoms with Crippen LogP contribution in [-0.2, 0) is 16.0 Å². The maximum Gasteiger partial charge on any atom is 0.310 e. The van der Waals surface area contributed by atoms with E-state index in [1.165, 1.54) is 24.0 Å². The Bertz CT molecular complexity index is 960. The summed E-state index contributed by atoms with van der Waals surface area (Å²) in [7, 11) is 3.30. The largest absolute Gasteiger partial charge is 0.493 e. The number of hydrogen-bond acceptors (Lipinski definition) is 6. The van der Waals surface area contributed by atoms with Crippen LogP contribution < -0.4 is 9.47 Å². The summed E-state index contributed by atoms with van der Waals surface area (Å²) >= 11 is 0. The molecule has 34 heavy (non-hydrogen) atoms. The third kappa shape index (κ3) is 3.93. The predicted molar refractivity (Wildman–Crippen MR) is 130 cm³/mol. The van der Waals surface area contributed by atoms with Gasteiger partial charge in [0.2, 0.25) is 0 Å². The summed E-state index contributed by atoms with van der Waals surface area (Å²) in [5.41, 5.74) is 3.98. The molecule has 4 aliphatic rings. The van der Waals surface area contributed by atoms with Crippen molar-refractivity contribution in [2.75, 3.05) is 33.9 Å². The van der Waals surface area contributed by atoms with Crippen molar-refractivity contribution in [1.82, 2.24) is 4.90 Å². The van der Waals surface area contributed by atoms with Gasteiger partial charge in [0.15, 0.2) is 11.5 Å². The van der Waals surface area contributed by atoms with Crippen LogP contribution in [0.1, 0.15) is 62.6 Å². The van der Waals surface area contributed by atoms with Crippen molar-refractivity contribution in [1.29, 1.82) is 0 Å². The molecule has 2 heterocycles. The van der Waals surface area contributed by atoms with Gasteiger partial charge in [0.05, 0.1) is 20.1 Å². The molecule has 0 amide bonds. The molecule has 0 bridgehead atoms. The van der Waals surface area contributed by atoms with Crippen molar-refractivity contribution in [3.05, 3.63) is 35.4 Å². The number of hydrogen-bond donors (Lipinski definition) is 1. The Morgan fingerprint density at radius 3 is 2.74 bits per heavy atom. The number of nitrogens with zero attached hydrogens (tertiary/aromatic N) is 1. The van der Waals surface area contributed by atoms with Gasteiger partial charge < -0.3 is 19.3 Å². The van der Waals surface area contributed by atoms with Gasteiger partial charge in [-0.2, -0.15) is 0 Å². The first-order valence-corrected chi connectivity index (χ1v) is 12.9. The molecular weight excluding hydrogens is 430 g/mol. The molecule has 5 rings (SSSR count). The molecule has 2 saturated carbocycles. The summed E-state index contributed by atoms with van der Waals surface area (Å²) < 4.78 is 17.1. The number of aliphatic hydroxyl groups is 1. The molecule has 1 aromatic rings. The number of aliphatic hydroxyl groups excluding tert-OH is 1. The molecule has 1 N–H and O–H groups in total. The standard InChI is InChI=1S/C28H39NO5/c1-17-6-5-9-28(2)15-26-20(13-22(17)28)21(27(31)34-26)16-29-10-7-18-12-24(32-3)25(33-4)14-19(18)23(29)8-11-30/h12,14,20-23,26,30H,1,5-11,13,15-16H2,2-4H3/t20-,21-,22+,23-,26-,28-/m1/s1. The van der Waals surface area contributed by atoms with Gasteiger partial charge in [-0.25, -0.2) is 0 Å². The average Bonchev–Trinajstić information content (AvgIpc) is 3.11. The van der Waals surface area contributed by atoms with Gasteiger partial charge >= 0.3 is 5.97 Å². The van der Waals surface area contributed by atoms with Gasteiger partial charge in [-0.1, -0.05) is 19.1 Å². The minimum Gasteiger partial charge on any atom is -0.493 e. The monoisotopic (exact) mass is 469 g/mol. The fraction of sp³-hybridized carbons (Fsp3) is 0.679. The fourth-order valence-corrected chi connectivity index (χ4v) is 7.48.